The molecule has 20 heavy (non-hydrogen) atoms. The van der Waals surface area contributed by atoms with E-state index in [0.29, 0.717) is 17.3 Å². The van der Waals surface area contributed by atoms with Gasteiger partial charge in [-0.1, -0.05) is 0 Å². The van der Waals surface area contributed by atoms with Gasteiger partial charge in [0.05, 0.1) is 0 Å². The first-order valence-electron chi connectivity index (χ1n) is 5.72. The molecule has 0 amide bonds. The van der Waals surface area contributed by atoms with E-state index in [1.165, 1.54) is 18.5 Å². The summed E-state index contributed by atoms with van der Waals surface area (Å²) in [7, 11) is 1.73. The van der Waals surface area contributed by atoms with Crippen molar-refractivity contribution in [2.75, 3.05) is 17.7 Å². The van der Waals surface area contributed by atoms with Crippen LogP contribution in [-0.4, -0.2) is 23.3 Å². The van der Waals surface area contributed by atoms with Gasteiger partial charge in [0.15, 0.2) is 11.5 Å². The van der Waals surface area contributed by atoms with Crippen LogP contribution in [0.5, 0.6) is 11.5 Å². The summed E-state index contributed by atoms with van der Waals surface area (Å²) >= 11 is 0. The Bertz CT molecular complexity index is 651. The van der Waals surface area contributed by atoms with Gasteiger partial charge in [-0.3, -0.25) is 0 Å². The Morgan fingerprint density at radius 3 is 2.60 bits per heavy atom. The highest BCUT2D eigenvalue weighted by Gasteiger charge is 2.43. The molecule has 0 saturated heterocycles. The van der Waals surface area contributed by atoms with Crippen molar-refractivity contribution in [3.05, 3.63) is 30.6 Å². The Morgan fingerprint density at radius 2 is 1.80 bits per heavy atom. The zero-order valence-electron chi connectivity index (χ0n) is 10.4. The molecule has 0 radical (unpaired) electrons. The van der Waals surface area contributed by atoms with Crippen LogP contribution in [0.25, 0.3) is 0 Å². The Labute approximate surface area is 112 Å². The Balaban J connectivity index is 1.82. The zero-order valence-corrected chi connectivity index (χ0v) is 10.4. The standard InChI is InChI=1S/C12H10F2N4O2/c1-15-10-5-11(17-6-16-10)18-7-2-3-8-9(4-7)20-12(13,14)19-8/h2-6H,1H3,(H2,15,16,17,18). The fraction of sp³-hybridized carbons (Fsp3) is 0.167. The monoisotopic (exact) mass is 280 g/mol. The van der Waals surface area contributed by atoms with Gasteiger partial charge in [-0.15, -0.1) is 8.78 Å². The summed E-state index contributed by atoms with van der Waals surface area (Å²) in [4.78, 5) is 7.99. The van der Waals surface area contributed by atoms with E-state index in [2.05, 4.69) is 30.1 Å². The van der Waals surface area contributed by atoms with Crippen LogP contribution < -0.4 is 20.1 Å². The van der Waals surface area contributed by atoms with Gasteiger partial charge in [-0.2, -0.15) is 0 Å². The highest BCUT2D eigenvalue weighted by atomic mass is 19.3. The minimum absolute atomic E-state index is 0.000786. The molecule has 2 aromatic rings. The number of hydrogen-bond donors (Lipinski definition) is 2. The second kappa shape index (κ2) is 4.48. The molecule has 0 fully saturated rings. The van der Waals surface area contributed by atoms with Gasteiger partial charge in [0.25, 0.3) is 0 Å². The molecule has 0 bridgehead atoms. The van der Waals surface area contributed by atoms with E-state index < -0.39 is 6.29 Å². The van der Waals surface area contributed by atoms with Crippen LogP contribution in [0.3, 0.4) is 0 Å². The molecule has 0 saturated carbocycles. The highest BCUT2D eigenvalue weighted by Crippen LogP contribution is 2.42. The second-order valence-corrected chi connectivity index (χ2v) is 3.99. The molecule has 0 spiro atoms. The van der Waals surface area contributed by atoms with E-state index in [1.807, 2.05) is 0 Å². The molecule has 6 nitrogen and oxygen atoms in total. The van der Waals surface area contributed by atoms with Crippen molar-refractivity contribution in [1.29, 1.82) is 0 Å². The summed E-state index contributed by atoms with van der Waals surface area (Å²) in [5.74, 6) is 1.13. The fourth-order valence-electron chi connectivity index (χ4n) is 1.74. The number of hydrogen-bond acceptors (Lipinski definition) is 6. The lowest BCUT2D eigenvalue weighted by molar-refractivity contribution is -0.286. The molecule has 0 aliphatic carbocycles. The number of aromatic nitrogens is 2. The smallest absolute Gasteiger partial charge is 0.395 e. The van der Waals surface area contributed by atoms with Gasteiger partial charge in [-0.05, 0) is 12.1 Å². The van der Waals surface area contributed by atoms with Gasteiger partial charge < -0.3 is 20.1 Å². The first-order valence-corrected chi connectivity index (χ1v) is 5.72. The lowest BCUT2D eigenvalue weighted by Gasteiger charge is -2.07. The van der Waals surface area contributed by atoms with Crippen molar-refractivity contribution in [2.45, 2.75) is 6.29 Å². The molecule has 1 aromatic heterocycles. The molecule has 2 N–H and O–H groups in total. The SMILES string of the molecule is CNc1cc(Nc2ccc3c(c2)OC(F)(F)O3)ncn1. The molecule has 8 heteroatoms. The van der Waals surface area contributed by atoms with Crippen molar-refractivity contribution in [3.63, 3.8) is 0 Å². The third-order valence-electron chi connectivity index (χ3n) is 2.60. The van der Waals surface area contributed by atoms with Gasteiger partial charge in [0.2, 0.25) is 0 Å². The summed E-state index contributed by atoms with van der Waals surface area (Å²) in [6, 6.07) is 6.08. The summed E-state index contributed by atoms with van der Waals surface area (Å²) < 4.78 is 34.5. The highest BCUT2D eigenvalue weighted by molar-refractivity contribution is 5.63. The minimum Gasteiger partial charge on any atom is -0.395 e. The van der Waals surface area contributed by atoms with Crippen molar-refractivity contribution < 1.29 is 18.3 Å². The fourth-order valence-corrected chi connectivity index (χ4v) is 1.74. The molecule has 0 atom stereocenters. The molecular weight excluding hydrogens is 270 g/mol. The first kappa shape index (κ1) is 12.4. The Hall–Kier alpha value is -2.64. The van der Waals surface area contributed by atoms with Gasteiger partial charge >= 0.3 is 6.29 Å². The number of rotatable bonds is 3. The number of anilines is 3. The third-order valence-corrected chi connectivity index (χ3v) is 2.60. The summed E-state index contributed by atoms with van der Waals surface area (Å²) in [5, 5.41) is 5.83. The molecule has 104 valence electrons. The van der Waals surface area contributed by atoms with Crippen molar-refractivity contribution in [3.8, 4) is 11.5 Å². The Kier molecular flexibility index (Phi) is 2.78. The molecule has 3 rings (SSSR count). The van der Waals surface area contributed by atoms with Gasteiger partial charge in [0, 0.05) is 24.9 Å². The average Bonchev–Trinajstić information content (AvgIpc) is 2.72. The second-order valence-electron chi connectivity index (χ2n) is 3.99. The lowest BCUT2D eigenvalue weighted by Crippen LogP contribution is -2.25. The van der Waals surface area contributed by atoms with E-state index in [-0.39, 0.29) is 11.5 Å². The van der Waals surface area contributed by atoms with Crippen LogP contribution in [-0.2, 0) is 0 Å². The number of halogens is 2. The van der Waals surface area contributed by atoms with Crippen LogP contribution >= 0.6 is 0 Å². The predicted octanol–water partition coefficient (Wildman–Crippen LogP) is 2.58. The number of nitrogens with one attached hydrogen (secondary N) is 2. The van der Waals surface area contributed by atoms with Crippen LogP contribution in [0.1, 0.15) is 0 Å². The molecule has 1 aromatic carbocycles. The average molecular weight is 280 g/mol. The lowest BCUT2D eigenvalue weighted by atomic mass is 10.3. The van der Waals surface area contributed by atoms with Crippen LogP contribution in [0.15, 0.2) is 30.6 Å². The van der Waals surface area contributed by atoms with Gasteiger partial charge in [0.1, 0.15) is 18.0 Å². The molecular formula is C12H10F2N4O2. The van der Waals surface area contributed by atoms with E-state index in [0.717, 1.165) is 0 Å². The quantitative estimate of drug-likeness (QED) is 0.900. The number of fused-ring (bicyclic) bond motifs is 1. The van der Waals surface area contributed by atoms with Crippen molar-refractivity contribution >= 4 is 17.3 Å². The molecule has 0 unspecified atom stereocenters. The third kappa shape index (κ3) is 2.40. The molecule has 1 aliphatic heterocycles. The number of benzene rings is 1. The van der Waals surface area contributed by atoms with Crippen LogP contribution in [0, 0.1) is 0 Å². The minimum atomic E-state index is -3.62. The topological polar surface area (TPSA) is 68.3 Å². The van der Waals surface area contributed by atoms with E-state index in [1.54, 1.807) is 19.2 Å². The largest absolute Gasteiger partial charge is 0.586 e. The summed E-state index contributed by atoms with van der Waals surface area (Å²) in [6.07, 6.45) is -2.23. The van der Waals surface area contributed by atoms with Crippen LogP contribution in [0.2, 0.25) is 0 Å². The maximum Gasteiger partial charge on any atom is 0.586 e. The predicted molar refractivity (Wildman–Crippen MR) is 67.5 cm³/mol. The number of ether oxygens (including phenoxy) is 2. The molecule has 1 aliphatic rings. The maximum atomic E-state index is 12.9. The number of nitrogens with zero attached hydrogens (tertiary/aromatic N) is 2. The van der Waals surface area contributed by atoms with E-state index in [9.17, 15) is 8.78 Å². The van der Waals surface area contributed by atoms with Crippen LogP contribution in [0.4, 0.5) is 26.1 Å². The zero-order chi connectivity index (χ0) is 14.2. The van der Waals surface area contributed by atoms with Gasteiger partial charge in [-0.25, -0.2) is 9.97 Å². The number of alkyl halides is 2. The van der Waals surface area contributed by atoms with Crippen molar-refractivity contribution in [1.82, 2.24) is 9.97 Å². The normalized spacial score (nSPS) is 14.9. The van der Waals surface area contributed by atoms with E-state index >= 15 is 0 Å². The Morgan fingerprint density at radius 1 is 1.05 bits per heavy atom. The summed E-state index contributed by atoms with van der Waals surface area (Å²) in [5.41, 5.74) is 0.547. The van der Waals surface area contributed by atoms with E-state index in [4.69, 9.17) is 0 Å². The maximum absolute atomic E-state index is 12.9. The molecule has 2 heterocycles. The first-order chi connectivity index (χ1) is 9.55. The summed E-state index contributed by atoms with van der Waals surface area (Å²) in [6.45, 7) is 0. The van der Waals surface area contributed by atoms with Crippen molar-refractivity contribution in [2.24, 2.45) is 0 Å².